The van der Waals surface area contributed by atoms with E-state index < -0.39 is 0 Å². The van der Waals surface area contributed by atoms with Crippen LogP contribution in [0.3, 0.4) is 0 Å². The molecule has 0 saturated carbocycles. The smallest absolute Gasteiger partial charge is 0.00232 e. The van der Waals surface area contributed by atoms with Crippen molar-refractivity contribution < 1.29 is 0 Å². The van der Waals surface area contributed by atoms with Crippen LogP contribution in [-0.4, -0.2) is 6.54 Å². The van der Waals surface area contributed by atoms with E-state index in [1.807, 2.05) is 0 Å². The quantitative estimate of drug-likeness (QED) is 0.652. The molecular formula is C11H25N. The maximum Gasteiger partial charge on any atom is -0.00232 e. The minimum absolute atomic E-state index is 0.402. The SMILES string of the molecule is CCCC(C)(CN)CCC(C)C. The van der Waals surface area contributed by atoms with E-state index >= 15 is 0 Å². The van der Waals surface area contributed by atoms with E-state index in [9.17, 15) is 0 Å². The zero-order valence-electron chi connectivity index (χ0n) is 9.19. The molecule has 0 aliphatic heterocycles. The molecule has 0 spiro atoms. The third-order valence-electron chi connectivity index (χ3n) is 2.67. The summed E-state index contributed by atoms with van der Waals surface area (Å²) in [6.45, 7) is 9.96. The van der Waals surface area contributed by atoms with E-state index in [-0.39, 0.29) is 0 Å². The maximum absolute atomic E-state index is 5.78. The number of hydrogen-bond donors (Lipinski definition) is 1. The van der Waals surface area contributed by atoms with Crippen LogP contribution < -0.4 is 5.73 Å². The summed E-state index contributed by atoms with van der Waals surface area (Å²) in [4.78, 5) is 0. The average Bonchev–Trinajstić information content (AvgIpc) is 2.02. The second-order valence-corrected chi connectivity index (χ2v) is 4.70. The molecule has 0 radical (unpaired) electrons. The van der Waals surface area contributed by atoms with Crippen LogP contribution in [0, 0.1) is 11.3 Å². The highest BCUT2D eigenvalue weighted by atomic mass is 14.6. The van der Waals surface area contributed by atoms with Crippen molar-refractivity contribution in [3.8, 4) is 0 Å². The third-order valence-corrected chi connectivity index (χ3v) is 2.67. The van der Waals surface area contributed by atoms with E-state index in [4.69, 9.17) is 5.73 Å². The summed E-state index contributed by atoms with van der Waals surface area (Å²) >= 11 is 0. The van der Waals surface area contributed by atoms with E-state index in [1.54, 1.807) is 0 Å². The van der Waals surface area contributed by atoms with E-state index in [0.29, 0.717) is 5.41 Å². The topological polar surface area (TPSA) is 26.0 Å². The number of hydrogen-bond acceptors (Lipinski definition) is 1. The lowest BCUT2D eigenvalue weighted by Crippen LogP contribution is -2.27. The normalized spacial score (nSPS) is 16.5. The molecular weight excluding hydrogens is 146 g/mol. The van der Waals surface area contributed by atoms with Crippen molar-refractivity contribution in [3.63, 3.8) is 0 Å². The lowest BCUT2D eigenvalue weighted by molar-refractivity contribution is 0.258. The van der Waals surface area contributed by atoms with Gasteiger partial charge in [0.05, 0.1) is 0 Å². The molecule has 0 aliphatic rings. The van der Waals surface area contributed by atoms with Gasteiger partial charge in [0, 0.05) is 0 Å². The first-order chi connectivity index (χ1) is 5.54. The van der Waals surface area contributed by atoms with Crippen molar-refractivity contribution in [2.75, 3.05) is 6.54 Å². The summed E-state index contributed by atoms with van der Waals surface area (Å²) < 4.78 is 0. The molecule has 1 heteroatoms. The second kappa shape index (κ2) is 5.58. The highest BCUT2D eigenvalue weighted by Gasteiger charge is 2.20. The molecule has 2 N–H and O–H groups in total. The van der Waals surface area contributed by atoms with Crippen LogP contribution in [0.25, 0.3) is 0 Å². The summed E-state index contributed by atoms with van der Waals surface area (Å²) in [5.41, 5.74) is 6.18. The molecule has 0 amide bonds. The minimum Gasteiger partial charge on any atom is -0.330 e. The molecule has 0 saturated heterocycles. The molecule has 1 atom stereocenters. The van der Waals surface area contributed by atoms with Gasteiger partial charge in [-0.2, -0.15) is 0 Å². The molecule has 0 aromatic heterocycles. The van der Waals surface area contributed by atoms with Gasteiger partial charge in [-0.05, 0) is 30.7 Å². The van der Waals surface area contributed by atoms with Gasteiger partial charge in [-0.1, -0.05) is 40.5 Å². The zero-order chi connectivity index (χ0) is 9.61. The lowest BCUT2D eigenvalue weighted by Gasteiger charge is -2.28. The van der Waals surface area contributed by atoms with Crippen LogP contribution >= 0.6 is 0 Å². The predicted octanol–water partition coefficient (Wildman–Crippen LogP) is 3.19. The Hall–Kier alpha value is -0.0400. The molecule has 0 rings (SSSR count). The van der Waals surface area contributed by atoms with Gasteiger partial charge in [-0.3, -0.25) is 0 Å². The fourth-order valence-corrected chi connectivity index (χ4v) is 1.57. The van der Waals surface area contributed by atoms with Gasteiger partial charge >= 0.3 is 0 Å². The molecule has 0 fully saturated rings. The first-order valence-corrected chi connectivity index (χ1v) is 5.24. The van der Waals surface area contributed by atoms with Gasteiger partial charge in [0.25, 0.3) is 0 Å². The Morgan fingerprint density at radius 2 is 1.83 bits per heavy atom. The summed E-state index contributed by atoms with van der Waals surface area (Å²) in [7, 11) is 0. The van der Waals surface area contributed by atoms with Crippen molar-refractivity contribution in [2.24, 2.45) is 17.1 Å². The Balaban J connectivity index is 3.78. The van der Waals surface area contributed by atoms with Crippen molar-refractivity contribution in [1.82, 2.24) is 0 Å². The van der Waals surface area contributed by atoms with Crippen LogP contribution in [0.1, 0.15) is 53.4 Å². The first-order valence-electron chi connectivity index (χ1n) is 5.24. The van der Waals surface area contributed by atoms with Crippen molar-refractivity contribution in [1.29, 1.82) is 0 Å². The van der Waals surface area contributed by atoms with Gasteiger partial charge in [0.15, 0.2) is 0 Å². The van der Waals surface area contributed by atoms with Crippen LogP contribution in [0.15, 0.2) is 0 Å². The number of nitrogens with two attached hydrogens (primary N) is 1. The summed E-state index contributed by atoms with van der Waals surface area (Å²) in [6, 6.07) is 0. The van der Waals surface area contributed by atoms with Crippen molar-refractivity contribution >= 4 is 0 Å². The predicted molar refractivity (Wildman–Crippen MR) is 56.1 cm³/mol. The largest absolute Gasteiger partial charge is 0.330 e. The molecule has 0 bridgehead atoms. The average molecular weight is 171 g/mol. The van der Waals surface area contributed by atoms with Crippen LogP contribution in [0.4, 0.5) is 0 Å². The Morgan fingerprint density at radius 1 is 1.25 bits per heavy atom. The molecule has 0 aromatic rings. The lowest BCUT2D eigenvalue weighted by atomic mass is 9.80. The Morgan fingerprint density at radius 3 is 2.17 bits per heavy atom. The minimum atomic E-state index is 0.402. The highest BCUT2D eigenvalue weighted by molar-refractivity contribution is 4.75. The fraction of sp³-hybridized carbons (Fsp3) is 1.00. The molecule has 1 unspecified atom stereocenters. The molecule has 0 aromatic carbocycles. The highest BCUT2D eigenvalue weighted by Crippen LogP contribution is 2.29. The summed E-state index contributed by atoms with van der Waals surface area (Å²) in [6.07, 6.45) is 5.13. The number of rotatable bonds is 6. The standard InChI is InChI=1S/C11H25N/c1-5-7-11(4,9-12)8-6-10(2)3/h10H,5-9,12H2,1-4H3. The van der Waals surface area contributed by atoms with E-state index in [2.05, 4.69) is 27.7 Å². The first kappa shape index (κ1) is 12.0. The van der Waals surface area contributed by atoms with Crippen LogP contribution in [-0.2, 0) is 0 Å². The second-order valence-electron chi connectivity index (χ2n) is 4.70. The van der Waals surface area contributed by atoms with E-state index in [0.717, 1.165) is 12.5 Å². The van der Waals surface area contributed by atoms with Gasteiger partial charge in [0.2, 0.25) is 0 Å². The maximum atomic E-state index is 5.78. The fourth-order valence-electron chi connectivity index (χ4n) is 1.57. The molecule has 0 aliphatic carbocycles. The van der Waals surface area contributed by atoms with Crippen molar-refractivity contribution in [3.05, 3.63) is 0 Å². The summed E-state index contributed by atoms with van der Waals surface area (Å²) in [5.74, 6) is 0.813. The Kier molecular flexibility index (Phi) is 5.56. The zero-order valence-corrected chi connectivity index (χ0v) is 9.19. The van der Waals surface area contributed by atoms with Crippen LogP contribution in [0.2, 0.25) is 0 Å². The molecule has 1 nitrogen and oxygen atoms in total. The van der Waals surface area contributed by atoms with E-state index in [1.165, 1.54) is 25.7 Å². The Labute approximate surface area is 77.7 Å². The molecule has 0 heterocycles. The summed E-state index contributed by atoms with van der Waals surface area (Å²) in [5, 5.41) is 0. The van der Waals surface area contributed by atoms with Gasteiger partial charge < -0.3 is 5.73 Å². The van der Waals surface area contributed by atoms with Crippen LogP contribution in [0.5, 0.6) is 0 Å². The third kappa shape index (κ3) is 4.76. The monoisotopic (exact) mass is 171 g/mol. The van der Waals surface area contributed by atoms with Crippen molar-refractivity contribution in [2.45, 2.75) is 53.4 Å². The van der Waals surface area contributed by atoms with Gasteiger partial charge in [0.1, 0.15) is 0 Å². The van der Waals surface area contributed by atoms with Gasteiger partial charge in [-0.15, -0.1) is 0 Å². The van der Waals surface area contributed by atoms with Gasteiger partial charge in [-0.25, -0.2) is 0 Å². The Bertz CT molecular complexity index is 110. The molecule has 12 heavy (non-hydrogen) atoms. The molecule has 74 valence electrons.